The van der Waals surface area contributed by atoms with E-state index in [1.807, 2.05) is 13.8 Å². The fourth-order valence-corrected chi connectivity index (χ4v) is 2.70. The van der Waals surface area contributed by atoms with Gasteiger partial charge in [-0.15, -0.1) is 11.6 Å². The van der Waals surface area contributed by atoms with Gasteiger partial charge in [-0.1, -0.05) is 38.3 Å². The second kappa shape index (κ2) is 8.20. The summed E-state index contributed by atoms with van der Waals surface area (Å²) in [5.41, 5.74) is -0.327. The lowest BCUT2D eigenvalue weighted by Crippen LogP contribution is -2.33. The Morgan fingerprint density at radius 2 is 2.00 bits per heavy atom. The first-order valence-corrected chi connectivity index (χ1v) is 7.58. The van der Waals surface area contributed by atoms with E-state index in [1.165, 1.54) is 12.1 Å². The Balaban J connectivity index is 2.79. The third-order valence-electron chi connectivity index (χ3n) is 3.42. The monoisotopic (exact) mass is 332 g/mol. The zero-order valence-electron chi connectivity index (χ0n) is 11.9. The van der Waals surface area contributed by atoms with Gasteiger partial charge in [0.15, 0.2) is 0 Å². The van der Waals surface area contributed by atoms with E-state index in [-0.39, 0.29) is 28.2 Å². The molecule has 1 aromatic carbocycles. The lowest BCUT2D eigenvalue weighted by molar-refractivity contribution is -0.385. The van der Waals surface area contributed by atoms with Crippen LogP contribution in [0, 0.1) is 16.0 Å². The SMILES string of the molecule is CCC(CC)C(Cl)CNC(=O)c1ccc(Cl)cc1[N+](=O)[O-]. The first-order chi connectivity index (χ1) is 9.90. The Morgan fingerprint density at radius 1 is 1.38 bits per heavy atom. The minimum Gasteiger partial charge on any atom is -0.350 e. The summed E-state index contributed by atoms with van der Waals surface area (Å²) in [5.74, 6) is -0.220. The maximum absolute atomic E-state index is 12.1. The second-order valence-corrected chi connectivity index (χ2v) is 5.72. The molecule has 0 heterocycles. The van der Waals surface area contributed by atoms with Crippen LogP contribution in [0.3, 0.4) is 0 Å². The highest BCUT2D eigenvalue weighted by molar-refractivity contribution is 6.31. The zero-order valence-corrected chi connectivity index (χ0v) is 13.4. The molecule has 0 aliphatic heterocycles. The minimum absolute atomic E-state index is 0.0159. The fraction of sp³-hybridized carbons (Fsp3) is 0.500. The van der Waals surface area contributed by atoms with Gasteiger partial charge in [-0.2, -0.15) is 0 Å². The number of benzene rings is 1. The van der Waals surface area contributed by atoms with Crippen molar-refractivity contribution in [2.45, 2.75) is 32.1 Å². The number of carbonyl (C=O) groups excluding carboxylic acids is 1. The van der Waals surface area contributed by atoms with Gasteiger partial charge < -0.3 is 5.32 Å². The molecule has 0 saturated carbocycles. The molecular formula is C14H18Cl2N2O3. The van der Waals surface area contributed by atoms with Crippen LogP contribution in [0.2, 0.25) is 5.02 Å². The number of nitro groups is 1. The Labute approximate surface area is 133 Å². The van der Waals surface area contributed by atoms with Crippen LogP contribution in [-0.2, 0) is 0 Å². The van der Waals surface area contributed by atoms with E-state index in [4.69, 9.17) is 23.2 Å². The zero-order chi connectivity index (χ0) is 16.0. The number of nitrogens with zero attached hydrogens (tertiary/aromatic N) is 1. The number of nitrogens with one attached hydrogen (secondary N) is 1. The van der Waals surface area contributed by atoms with E-state index in [1.54, 1.807) is 0 Å². The largest absolute Gasteiger partial charge is 0.350 e. The van der Waals surface area contributed by atoms with Crippen molar-refractivity contribution < 1.29 is 9.72 Å². The number of halogens is 2. The normalized spacial score (nSPS) is 12.2. The van der Waals surface area contributed by atoms with E-state index in [2.05, 4.69) is 5.32 Å². The van der Waals surface area contributed by atoms with Crippen molar-refractivity contribution in [1.82, 2.24) is 5.32 Å². The molecule has 1 rings (SSSR count). The highest BCUT2D eigenvalue weighted by Gasteiger charge is 2.22. The van der Waals surface area contributed by atoms with Crippen LogP contribution in [0.4, 0.5) is 5.69 Å². The summed E-state index contributed by atoms with van der Waals surface area (Å²) in [6.45, 7) is 4.34. The molecule has 1 atom stereocenters. The molecule has 1 N–H and O–H groups in total. The van der Waals surface area contributed by atoms with Gasteiger partial charge in [0, 0.05) is 17.6 Å². The number of rotatable bonds is 7. The summed E-state index contributed by atoms with van der Waals surface area (Å²) in [7, 11) is 0. The van der Waals surface area contributed by atoms with Gasteiger partial charge in [-0.25, -0.2) is 0 Å². The molecule has 0 aliphatic rings. The number of nitro benzene ring substituents is 1. The van der Waals surface area contributed by atoms with Gasteiger partial charge in [0.1, 0.15) is 5.56 Å². The third-order valence-corrected chi connectivity index (χ3v) is 4.16. The van der Waals surface area contributed by atoms with Crippen molar-refractivity contribution in [2.24, 2.45) is 5.92 Å². The second-order valence-electron chi connectivity index (χ2n) is 4.72. The Hall–Kier alpha value is -1.33. The third kappa shape index (κ3) is 4.86. The molecule has 7 heteroatoms. The van der Waals surface area contributed by atoms with Crippen LogP contribution in [0.25, 0.3) is 0 Å². The van der Waals surface area contributed by atoms with Crippen molar-refractivity contribution in [3.63, 3.8) is 0 Å². The predicted molar refractivity (Wildman–Crippen MR) is 84.2 cm³/mol. The summed E-state index contributed by atoms with van der Waals surface area (Å²) >= 11 is 12.0. The fourth-order valence-electron chi connectivity index (χ4n) is 2.10. The molecule has 1 unspecified atom stereocenters. The molecule has 0 saturated heterocycles. The van der Waals surface area contributed by atoms with Gasteiger partial charge in [-0.05, 0) is 18.1 Å². The first kappa shape index (κ1) is 17.7. The topological polar surface area (TPSA) is 72.2 Å². The Morgan fingerprint density at radius 3 is 2.52 bits per heavy atom. The standard InChI is InChI=1S/C14H18Cl2N2O3/c1-3-9(4-2)12(16)8-17-14(19)11-6-5-10(15)7-13(11)18(20)21/h5-7,9,12H,3-4,8H2,1-2H3,(H,17,19). The minimum atomic E-state index is -0.625. The van der Waals surface area contributed by atoms with Crippen LogP contribution in [0.5, 0.6) is 0 Å². The van der Waals surface area contributed by atoms with E-state index in [0.717, 1.165) is 18.9 Å². The van der Waals surface area contributed by atoms with Gasteiger partial charge in [0.05, 0.1) is 10.3 Å². The molecular weight excluding hydrogens is 315 g/mol. The molecule has 21 heavy (non-hydrogen) atoms. The molecule has 0 bridgehead atoms. The number of hydrogen-bond donors (Lipinski definition) is 1. The van der Waals surface area contributed by atoms with Gasteiger partial charge >= 0.3 is 0 Å². The van der Waals surface area contributed by atoms with Crippen LogP contribution in [-0.4, -0.2) is 22.8 Å². The van der Waals surface area contributed by atoms with Gasteiger partial charge in [0.2, 0.25) is 0 Å². The first-order valence-electron chi connectivity index (χ1n) is 6.76. The lowest BCUT2D eigenvalue weighted by Gasteiger charge is -2.19. The molecule has 0 radical (unpaired) electrons. The van der Waals surface area contributed by atoms with E-state index in [0.29, 0.717) is 5.92 Å². The smallest absolute Gasteiger partial charge is 0.283 e. The van der Waals surface area contributed by atoms with Gasteiger partial charge in [0.25, 0.3) is 11.6 Å². The summed E-state index contributed by atoms with van der Waals surface area (Å²) in [6, 6.07) is 3.95. The van der Waals surface area contributed by atoms with Crippen molar-refractivity contribution in [2.75, 3.05) is 6.54 Å². The molecule has 116 valence electrons. The van der Waals surface area contributed by atoms with Crippen LogP contribution >= 0.6 is 23.2 Å². The number of carbonyl (C=O) groups is 1. The van der Waals surface area contributed by atoms with Crippen molar-refractivity contribution in [3.05, 3.63) is 38.9 Å². The summed E-state index contributed by atoms with van der Waals surface area (Å²) < 4.78 is 0. The summed E-state index contributed by atoms with van der Waals surface area (Å²) in [5, 5.41) is 13.6. The summed E-state index contributed by atoms with van der Waals surface area (Å²) in [6.07, 6.45) is 1.84. The Bertz CT molecular complexity index is 519. The summed E-state index contributed by atoms with van der Waals surface area (Å²) in [4.78, 5) is 22.4. The quantitative estimate of drug-likeness (QED) is 0.465. The number of alkyl halides is 1. The van der Waals surface area contributed by atoms with Crippen molar-refractivity contribution >= 4 is 34.8 Å². The maximum atomic E-state index is 12.1. The van der Waals surface area contributed by atoms with Crippen molar-refractivity contribution in [1.29, 1.82) is 0 Å². The average Bonchev–Trinajstić information content (AvgIpc) is 2.45. The molecule has 1 aromatic rings. The van der Waals surface area contributed by atoms with Crippen LogP contribution in [0.15, 0.2) is 18.2 Å². The van der Waals surface area contributed by atoms with Crippen LogP contribution in [0.1, 0.15) is 37.0 Å². The molecule has 0 aliphatic carbocycles. The number of hydrogen-bond acceptors (Lipinski definition) is 3. The average molecular weight is 333 g/mol. The molecule has 1 amide bonds. The Kier molecular flexibility index (Phi) is 6.92. The van der Waals surface area contributed by atoms with Gasteiger partial charge in [-0.3, -0.25) is 14.9 Å². The predicted octanol–water partition coefficient (Wildman–Crippen LogP) is 4.02. The highest BCUT2D eigenvalue weighted by atomic mass is 35.5. The molecule has 0 aromatic heterocycles. The molecule has 0 spiro atoms. The maximum Gasteiger partial charge on any atom is 0.283 e. The highest BCUT2D eigenvalue weighted by Crippen LogP contribution is 2.23. The van der Waals surface area contributed by atoms with Crippen LogP contribution < -0.4 is 5.32 Å². The number of amides is 1. The molecule has 5 nitrogen and oxygen atoms in total. The lowest BCUT2D eigenvalue weighted by atomic mass is 9.99. The van der Waals surface area contributed by atoms with Crippen molar-refractivity contribution in [3.8, 4) is 0 Å². The molecule has 0 fully saturated rings. The van der Waals surface area contributed by atoms with E-state index in [9.17, 15) is 14.9 Å². The van der Waals surface area contributed by atoms with E-state index >= 15 is 0 Å². The van der Waals surface area contributed by atoms with E-state index < -0.39 is 10.8 Å².